The van der Waals surface area contributed by atoms with Crippen LogP contribution in [0.3, 0.4) is 0 Å². The van der Waals surface area contributed by atoms with Crippen molar-refractivity contribution in [1.29, 1.82) is 0 Å². The molecule has 92 valence electrons. The number of carbonyl (C=O) groups excluding carboxylic acids is 1. The van der Waals surface area contributed by atoms with E-state index in [-0.39, 0.29) is 12.4 Å². The molecule has 0 aromatic heterocycles. The standard InChI is InChI=1S/C15H13FO2/c1-11-5-4-7-12(9-17)15(11)18-10-13-6-2-3-8-14(13)16/h2-9H,10H2,1H3. The molecular weight excluding hydrogens is 231 g/mol. The Hall–Kier alpha value is -2.16. The minimum absolute atomic E-state index is 0.109. The summed E-state index contributed by atoms with van der Waals surface area (Å²) < 4.78 is 19.0. The highest BCUT2D eigenvalue weighted by atomic mass is 19.1. The second-order valence-electron chi connectivity index (χ2n) is 3.99. The predicted molar refractivity (Wildman–Crippen MR) is 67.3 cm³/mol. The Balaban J connectivity index is 2.21. The van der Waals surface area contributed by atoms with Crippen molar-refractivity contribution in [2.45, 2.75) is 13.5 Å². The molecule has 0 saturated heterocycles. The zero-order valence-corrected chi connectivity index (χ0v) is 10.0. The lowest BCUT2D eigenvalue weighted by Gasteiger charge is -2.11. The number of aryl methyl sites for hydroxylation is 1. The van der Waals surface area contributed by atoms with E-state index in [0.29, 0.717) is 16.9 Å². The van der Waals surface area contributed by atoms with E-state index in [4.69, 9.17) is 4.74 Å². The van der Waals surface area contributed by atoms with E-state index in [9.17, 15) is 9.18 Å². The van der Waals surface area contributed by atoms with Crippen LogP contribution in [0.4, 0.5) is 4.39 Å². The zero-order valence-electron chi connectivity index (χ0n) is 10.0. The second-order valence-corrected chi connectivity index (χ2v) is 3.99. The van der Waals surface area contributed by atoms with Crippen molar-refractivity contribution in [3.63, 3.8) is 0 Å². The first-order valence-electron chi connectivity index (χ1n) is 5.63. The van der Waals surface area contributed by atoms with Crippen molar-refractivity contribution in [2.24, 2.45) is 0 Å². The van der Waals surface area contributed by atoms with Gasteiger partial charge in [-0.15, -0.1) is 0 Å². The molecule has 0 fully saturated rings. The first-order chi connectivity index (χ1) is 8.72. The summed E-state index contributed by atoms with van der Waals surface area (Å²) in [4.78, 5) is 10.9. The van der Waals surface area contributed by atoms with Gasteiger partial charge in [0.05, 0.1) is 5.56 Å². The molecule has 0 radical (unpaired) electrons. The van der Waals surface area contributed by atoms with Gasteiger partial charge < -0.3 is 4.74 Å². The largest absolute Gasteiger partial charge is 0.488 e. The van der Waals surface area contributed by atoms with Crippen LogP contribution in [-0.4, -0.2) is 6.29 Å². The van der Waals surface area contributed by atoms with E-state index in [2.05, 4.69) is 0 Å². The van der Waals surface area contributed by atoms with E-state index >= 15 is 0 Å². The van der Waals surface area contributed by atoms with Crippen LogP contribution in [-0.2, 0) is 6.61 Å². The van der Waals surface area contributed by atoms with Crippen LogP contribution in [0.25, 0.3) is 0 Å². The Morgan fingerprint density at radius 3 is 2.67 bits per heavy atom. The van der Waals surface area contributed by atoms with Gasteiger partial charge >= 0.3 is 0 Å². The van der Waals surface area contributed by atoms with Gasteiger partial charge in [0.25, 0.3) is 0 Å². The molecule has 2 rings (SSSR count). The number of hydrogen-bond donors (Lipinski definition) is 0. The molecular formula is C15H13FO2. The Bertz CT molecular complexity index is 564. The summed E-state index contributed by atoms with van der Waals surface area (Å²) in [6.45, 7) is 1.96. The van der Waals surface area contributed by atoms with Crippen LogP contribution < -0.4 is 4.74 Å². The van der Waals surface area contributed by atoms with E-state index < -0.39 is 0 Å². The maximum atomic E-state index is 13.4. The zero-order chi connectivity index (χ0) is 13.0. The molecule has 0 N–H and O–H groups in total. The van der Waals surface area contributed by atoms with Crippen LogP contribution in [0.2, 0.25) is 0 Å². The lowest BCUT2D eigenvalue weighted by Crippen LogP contribution is -2.01. The number of aldehydes is 1. The molecule has 18 heavy (non-hydrogen) atoms. The molecule has 0 aliphatic heterocycles. The molecule has 2 aromatic carbocycles. The van der Waals surface area contributed by atoms with Gasteiger partial charge in [0.15, 0.2) is 6.29 Å². The average Bonchev–Trinajstić information content (AvgIpc) is 2.39. The molecule has 0 amide bonds. The number of para-hydroxylation sites is 1. The number of benzene rings is 2. The van der Waals surface area contributed by atoms with Crippen molar-refractivity contribution >= 4 is 6.29 Å². The van der Waals surface area contributed by atoms with E-state index in [0.717, 1.165) is 11.8 Å². The lowest BCUT2D eigenvalue weighted by molar-refractivity contribution is 0.111. The molecule has 0 atom stereocenters. The highest BCUT2D eigenvalue weighted by molar-refractivity contribution is 5.80. The molecule has 0 heterocycles. The normalized spacial score (nSPS) is 10.1. The predicted octanol–water partition coefficient (Wildman–Crippen LogP) is 3.53. The topological polar surface area (TPSA) is 26.3 Å². The monoisotopic (exact) mass is 244 g/mol. The summed E-state index contributed by atoms with van der Waals surface area (Å²) >= 11 is 0. The fourth-order valence-corrected chi connectivity index (χ4v) is 1.73. The Labute approximate surface area is 105 Å². The number of rotatable bonds is 4. The van der Waals surface area contributed by atoms with Gasteiger partial charge in [-0.1, -0.05) is 30.3 Å². The number of halogens is 1. The SMILES string of the molecule is Cc1cccc(C=O)c1OCc1ccccc1F. The van der Waals surface area contributed by atoms with Crippen molar-refractivity contribution in [3.8, 4) is 5.75 Å². The third-order valence-electron chi connectivity index (χ3n) is 2.70. The molecule has 2 nitrogen and oxygen atoms in total. The first-order valence-corrected chi connectivity index (χ1v) is 5.63. The molecule has 3 heteroatoms. The van der Waals surface area contributed by atoms with E-state index in [1.807, 2.05) is 13.0 Å². The van der Waals surface area contributed by atoms with Gasteiger partial charge in [-0.3, -0.25) is 4.79 Å². The van der Waals surface area contributed by atoms with Crippen molar-refractivity contribution in [3.05, 3.63) is 65.0 Å². The van der Waals surface area contributed by atoms with Crippen LogP contribution in [0.5, 0.6) is 5.75 Å². The fraction of sp³-hybridized carbons (Fsp3) is 0.133. The molecule has 0 saturated carbocycles. The quantitative estimate of drug-likeness (QED) is 0.769. The van der Waals surface area contributed by atoms with Gasteiger partial charge in [-0.05, 0) is 24.6 Å². The molecule has 0 unspecified atom stereocenters. The van der Waals surface area contributed by atoms with Crippen LogP contribution in [0.15, 0.2) is 42.5 Å². The summed E-state index contributed by atoms with van der Waals surface area (Å²) in [6, 6.07) is 11.7. The smallest absolute Gasteiger partial charge is 0.153 e. The van der Waals surface area contributed by atoms with Gasteiger partial charge in [0.2, 0.25) is 0 Å². The first kappa shape index (κ1) is 12.3. The van der Waals surface area contributed by atoms with Gasteiger partial charge in [-0.2, -0.15) is 0 Å². The van der Waals surface area contributed by atoms with Gasteiger partial charge in [0.1, 0.15) is 18.2 Å². The summed E-state index contributed by atoms with van der Waals surface area (Å²) in [5.74, 6) is 0.203. The average molecular weight is 244 g/mol. The third kappa shape index (κ3) is 2.56. The highest BCUT2D eigenvalue weighted by Gasteiger charge is 2.08. The minimum atomic E-state index is -0.307. The van der Waals surface area contributed by atoms with Gasteiger partial charge in [0, 0.05) is 5.56 Å². The third-order valence-corrected chi connectivity index (χ3v) is 2.70. The second kappa shape index (κ2) is 5.45. The van der Waals surface area contributed by atoms with Crippen molar-refractivity contribution < 1.29 is 13.9 Å². The molecule has 0 aliphatic carbocycles. The molecule has 2 aromatic rings. The summed E-state index contributed by atoms with van der Waals surface area (Å²) in [6.07, 6.45) is 0.740. The number of carbonyl (C=O) groups is 1. The molecule has 0 aliphatic rings. The fourth-order valence-electron chi connectivity index (χ4n) is 1.73. The van der Waals surface area contributed by atoms with Crippen molar-refractivity contribution in [2.75, 3.05) is 0 Å². The Morgan fingerprint density at radius 1 is 1.17 bits per heavy atom. The van der Waals surface area contributed by atoms with E-state index in [1.54, 1.807) is 30.3 Å². The maximum absolute atomic E-state index is 13.4. The van der Waals surface area contributed by atoms with Crippen LogP contribution in [0, 0.1) is 12.7 Å². The van der Waals surface area contributed by atoms with Crippen molar-refractivity contribution in [1.82, 2.24) is 0 Å². The summed E-state index contributed by atoms with van der Waals surface area (Å²) in [5.41, 5.74) is 1.81. The summed E-state index contributed by atoms with van der Waals surface area (Å²) in [7, 11) is 0. The Morgan fingerprint density at radius 2 is 1.94 bits per heavy atom. The number of ether oxygens (including phenoxy) is 1. The van der Waals surface area contributed by atoms with Gasteiger partial charge in [-0.25, -0.2) is 4.39 Å². The van der Waals surface area contributed by atoms with E-state index in [1.165, 1.54) is 6.07 Å². The van der Waals surface area contributed by atoms with Crippen LogP contribution >= 0.6 is 0 Å². The lowest BCUT2D eigenvalue weighted by atomic mass is 10.1. The molecule has 0 bridgehead atoms. The maximum Gasteiger partial charge on any atom is 0.153 e. The number of hydrogen-bond acceptors (Lipinski definition) is 2. The molecule has 0 spiro atoms. The van der Waals surface area contributed by atoms with Crippen LogP contribution in [0.1, 0.15) is 21.5 Å². The highest BCUT2D eigenvalue weighted by Crippen LogP contribution is 2.23. The minimum Gasteiger partial charge on any atom is -0.488 e. The Kier molecular flexibility index (Phi) is 3.72. The summed E-state index contributed by atoms with van der Waals surface area (Å²) in [5, 5.41) is 0.